The minimum absolute atomic E-state index is 0.0522. The van der Waals surface area contributed by atoms with Crippen LogP contribution >= 0.6 is 0 Å². The Labute approximate surface area is 251 Å². The Morgan fingerprint density at radius 3 is 2.70 bits per heavy atom. The SMILES string of the molecule is Cc1ccc([C@@H](CN2CCN[C@H](C)C2)Oc2cc(C)c(C(=O)Nc3ccn(C)n3)cc2C(=O)NC[C@@H]2CCCO2)cc1F. The van der Waals surface area contributed by atoms with Gasteiger partial charge in [0.2, 0.25) is 0 Å². The van der Waals surface area contributed by atoms with Crippen molar-refractivity contribution in [1.29, 1.82) is 0 Å². The largest absolute Gasteiger partial charge is 0.484 e. The number of piperazine rings is 1. The first kappa shape index (κ1) is 30.7. The van der Waals surface area contributed by atoms with Gasteiger partial charge in [-0.3, -0.25) is 19.2 Å². The second kappa shape index (κ2) is 13.7. The maximum Gasteiger partial charge on any atom is 0.257 e. The van der Waals surface area contributed by atoms with Crippen LogP contribution in [0.4, 0.5) is 10.2 Å². The maximum absolute atomic E-state index is 14.8. The molecule has 5 rings (SSSR count). The zero-order chi connectivity index (χ0) is 30.5. The molecule has 2 saturated heterocycles. The van der Waals surface area contributed by atoms with E-state index >= 15 is 0 Å². The molecule has 2 fully saturated rings. The summed E-state index contributed by atoms with van der Waals surface area (Å²) in [5.74, 6) is -0.342. The van der Waals surface area contributed by atoms with Crippen molar-refractivity contribution >= 4 is 17.6 Å². The molecule has 2 amide bonds. The van der Waals surface area contributed by atoms with Gasteiger partial charge in [0.25, 0.3) is 11.8 Å². The molecule has 230 valence electrons. The number of halogens is 1. The Hall–Kier alpha value is -3.80. The Morgan fingerprint density at radius 1 is 1.16 bits per heavy atom. The minimum Gasteiger partial charge on any atom is -0.484 e. The van der Waals surface area contributed by atoms with Crippen molar-refractivity contribution in [2.75, 3.05) is 44.6 Å². The van der Waals surface area contributed by atoms with Crippen molar-refractivity contribution in [1.82, 2.24) is 25.3 Å². The number of hydrogen-bond donors (Lipinski definition) is 3. The number of carbonyl (C=O) groups excluding carboxylic acids is 2. The van der Waals surface area contributed by atoms with E-state index < -0.39 is 6.10 Å². The highest BCUT2D eigenvalue weighted by Gasteiger charge is 2.27. The van der Waals surface area contributed by atoms with Gasteiger partial charge in [0.1, 0.15) is 17.7 Å². The number of aryl methyl sites for hydroxylation is 3. The maximum atomic E-state index is 14.8. The van der Waals surface area contributed by atoms with E-state index in [1.54, 1.807) is 56.0 Å². The van der Waals surface area contributed by atoms with E-state index in [0.29, 0.717) is 59.6 Å². The first-order valence-corrected chi connectivity index (χ1v) is 14.9. The molecule has 0 radical (unpaired) electrons. The van der Waals surface area contributed by atoms with Gasteiger partial charge in [-0.2, -0.15) is 5.10 Å². The zero-order valence-electron chi connectivity index (χ0n) is 25.3. The van der Waals surface area contributed by atoms with Crippen LogP contribution < -0.4 is 20.7 Å². The van der Waals surface area contributed by atoms with E-state index in [-0.39, 0.29) is 29.3 Å². The van der Waals surface area contributed by atoms with Crippen LogP contribution in [0.2, 0.25) is 0 Å². The first-order chi connectivity index (χ1) is 20.7. The molecule has 0 unspecified atom stereocenters. The molecule has 2 aromatic carbocycles. The van der Waals surface area contributed by atoms with Crippen molar-refractivity contribution in [3.63, 3.8) is 0 Å². The van der Waals surface area contributed by atoms with Crippen molar-refractivity contribution in [2.24, 2.45) is 7.05 Å². The molecule has 11 heteroatoms. The van der Waals surface area contributed by atoms with Crippen LogP contribution in [-0.4, -0.2) is 78.0 Å². The average molecular weight is 593 g/mol. The van der Waals surface area contributed by atoms with Crippen LogP contribution in [0.25, 0.3) is 0 Å². The van der Waals surface area contributed by atoms with Gasteiger partial charge in [-0.1, -0.05) is 12.1 Å². The van der Waals surface area contributed by atoms with Crippen molar-refractivity contribution in [3.8, 4) is 5.75 Å². The fourth-order valence-electron chi connectivity index (χ4n) is 5.56. The molecule has 0 spiro atoms. The van der Waals surface area contributed by atoms with Crippen LogP contribution in [-0.2, 0) is 11.8 Å². The molecule has 43 heavy (non-hydrogen) atoms. The number of nitrogens with one attached hydrogen (secondary N) is 3. The monoisotopic (exact) mass is 592 g/mol. The highest BCUT2D eigenvalue weighted by Crippen LogP contribution is 2.31. The van der Waals surface area contributed by atoms with Crippen LogP contribution in [0, 0.1) is 19.7 Å². The van der Waals surface area contributed by atoms with Crippen molar-refractivity contribution in [2.45, 2.75) is 51.9 Å². The molecule has 2 aliphatic rings. The highest BCUT2D eigenvalue weighted by molar-refractivity contribution is 6.07. The highest BCUT2D eigenvalue weighted by atomic mass is 19.1. The Kier molecular flexibility index (Phi) is 9.74. The molecular weight excluding hydrogens is 551 g/mol. The summed E-state index contributed by atoms with van der Waals surface area (Å²) in [5, 5.41) is 13.4. The quantitative estimate of drug-likeness (QED) is 0.329. The molecule has 10 nitrogen and oxygen atoms in total. The zero-order valence-corrected chi connectivity index (χ0v) is 25.3. The molecule has 0 bridgehead atoms. The number of benzene rings is 2. The number of rotatable bonds is 10. The van der Waals surface area contributed by atoms with Gasteiger partial charge in [0.05, 0.1) is 11.7 Å². The summed E-state index contributed by atoms with van der Waals surface area (Å²) in [7, 11) is 1.76. The van der Waals surface area contributed by atoms with Gasteiger partial charge >= 0.3 is 0 Å². The number of nitrogens with zero attached hydrogens (tertiary/aromatic N) is 3. The normalized spacial score (nSPS) is 19.7. The predicted molar refractivity (Wildman–Crippen MR) is 162 cm³/mol. The third-order valence-electron chi connectivity index (χ3n) is 8.00. The molecule has 1 aromatic heterocycles. The summed E-state index contributed by atoms with van der Waals surface area (Å²) < 4.78 is 28.7. The fourth-order valence-corrected chi connectivity index (χ4v) is 5.56. The second-order valence-electron chi connectivity index (χ2n) is 11.6. The lowest BCUT2D eigenvalue weighted by Crippen LogP contribution is -2.50. The Bertz CT molecular complexity index is 1450. The van der Waals surface area contributed by atoms with E-state index in [4.69, 9.17) is 9.47 Å². The van der Waals surface area contributed by atoms with E-state index in [1.807, 2.05) is 6.07 Å². The van der Waals surface area contributed by atoms with Gasteiger partial charge < -0.3 is 25.4 Å². The molecule has 2 aliphatic heterocycles. The Morgan fingerprint density at radius 2 is 2.00 bits per heavy atom. The van der Waals surface area contributed by atoms with E-state index in [0.717, 1.165) is 32.5 Å². The molecule has 0 saturated carbocycles. The Balaban J connectivity index is 1.47. The standard InChI is InChI=1S/C32H41FN6O4/c1-20-7-8-23(15-27(20)33)29(19-39-12-10-34-22(3)18-39)43-28-14-21(2)25(32(41)36-30-9-11-38(4)37-30)16-26(28)31(40)35-17-24-6-5-13-42-24/h7-9,11,14-16,22,24,29,34H,5-6,10,12-13,17-19H2,1-4H3,(H,35,40)(H,36,37,41)/t22-,24+,29-/m1/s1. The number of amides is 2. The lowest BCUT2D eigenvalue weighted by Gasteiger charge is -2.34. The van der Waals surface area contributed by atoms with Crippen molar-refractivity contribution < 1.29 is 23.5 Å². The predicted octanol–water partition coefficient (Wildman–Crippen LogP) is 3.75. The van der Waals surface area contributed by atoms with Crippen molar-refractivity contribution in [3.05, 3.63) is 76.2 Å². The van der Waals surface area contributed by atoms with Crippen LogP contribution in [0.15, 0.2) is 42.6 Å². The van der Waals surface area contributed by atoms with Gasteiger partial charge in [-0.15, -0.1) is 0 Å². The topological polar surface area (TPSA) is 110 Å². The number of carbonyl (C=O) groups is 2. The molecule has 0 aliphatic carbocycles. The van der Waals surface area contributed by atoms with E-state index in [9.17, 15) is 14.0 Å². The second-order valence-corrected chi connectivity index (χ2v) is 11.6. The molecule has 3 aromatic rings. The number of anilines is 1. The molecular formula is C32H41FN6O4. The van der Waals surface area contributed by atoms with Crippen LogP contribution in [0.1, 0.15) is 63.3 Å². The molecule has 3 N–H and O–H groups in total. The van der Waals surface area contributed by atoms with Gasteiger partial charge in [-0.25, -0.2) is 4.39 Å². The summed E-state index contributed by atoms with van der Waals surface area (Å²) in [6, 6.07) is 10.4. The lowest BCUT2D eigenvalue weighted by atomic mass is 10.0. The lowest BCUT2D eigenvalue weighted by molar-refractivity contribution is 0.0843. The van der Waals surface area contributed by atoms with Crippen LogP contribution in [0.5, 0.6) is 5.75 Å². The average Bonchev–Trinajstić information content (AvgIpc) is 3.64. The van der Waals surface area contributed by atoms with Gasteiger partial charge in [0, 0.05) is 70.2 Å². The number of aromatic nitrogens is 2. The van der Waals surface area contributed by atoms with Gasteiger partial charge in [0.15, 0.2) is 5.82 Å². The molecule has 3 heterocycles. The fraction of sp³-hybridized carbons (Fsp3) is 0.469. The van der Waals surface area contributed by atoms with E-state index in [2.05, 4.69) is 32.9 Å². The number of ether oxygens (including phenoxy) is 2. The summed E-state index contributed by atoms with van der Waals surface area (Å²) in [6.45, 7) is 9.66. The van der Waals surface area contributed by atoms with Gasteiger partial charge in [-0.05, 0) is 68.5 Å². The van der Waals surface area contributed by atoms with Crippen LogP contribution in [0.3, 0.4) is 0 Å². The van der Waals surface area contributed by atoms with E-state index in [1.165, 1.54) is 6.07 Å². The summed E-state index contributed by atoms with van der Waals surface area (Å²) in [4.78, 5) is 29.2. The summed E-state index contributed by atoms with van der Waals surface area (Å²) in [5.41, 5.74) is 2.40. The number of hydrogen-bond acceptors (Lipinski definition) is 7. The summed E-state index contributed by atoms with van der Waals surface area (Å²) in [6.07, 6.45) is 2.95. The minimum atomic E-state index is -0.558. The summed E-state index contributed by atoms with van der Waals surface area (Å²) >= 11 is 0. The third-order valence-corrected chi connectivity index (χ3v) is 8.00. The third kappa shape index (κ3) is 7.78. The smallest absolute Gasteiger partial charge is 0.257 e. The first-order valence-electron chi connectivity index (χ1n) is 14.9. The molecule has 3 atom stereocenters.